The van der Waals surface area contributed by atoms with Crippen LogP contribution in [0.2, 0.25) is 0 Å². The first-order chi connectivity index (χ1) is 14.1. The van der Waals surface area contributed by atoms with E-state index in [0.29, 0.717) is 0 Å². The molecule has 0 aliphatic carbocycles. The molecule has 3 heterocycles. The molecule has 154 valence electrons. The van der Waals surface area contributed by atoms with Crippen LogP contribution in [0, 0.1) is 5.82 Å². The molecule has 30 heavy (non-hydrogen) atoms. The van der Waals surface area contributed by atoms with Gasteiger partial charge in [-0.2, -0.15) is 13.2 Å². The molecular formula is C19H13F4N5O2. The van der Waals surface area contributed by atoms with Crippen molar-refractivity contribution in [2.45, 2.75) is 11.7 Å². The van der Waals surface area contributed by atoms with Crippen LogP contribution in [0.25, 0.3) is 11.3 Å². The van der Waals surface area contributed by atoms with Gasteiger partial charge in [-0.3, -0.25) is 14.7 Å². The molecule has 2 N–H and O–H groups in total. The quantitative estimate of drug-likeness (QED) is 0.659. The van der Waals surface area contributed by atoms with Crippen molar-refractivity contribution >= 4 is 11.9 Å². The number of nitrogens with zero attached hydrogens (tertiary/aromatic N) is 4. The van der Waals surface area contributed by atoms with Crippen molar-refractivity contribution in [3.8, 4) is 11.3 Å². The maximum absolute atomic E-state index is 14.4. The summed E-state index contributed by atoms with van der Waals surface area (Å²) in [4.78, 5) is 21.7. The van der Waals surface area contributed by atoms with Crippen molar-refractivity contribution in [1.82, 2.24) is 15.0 Å². The molecule has 0 saturated heterocycles. The summed E-state index contributed by atoms with van der Waals surface area (Å²) in [5.41, 5.74) is 2.80. The molecule has 3 aromatic rings. The number of aliphatic imine (C=N–C) groups is 1. The minimum Gasteiger partial charge on any atom is -0.369 e. The normalized spacial score (nSPS) is 19.3. The number of likely N-dealkylation sites (N-methyl/N-ethyl adjacent to an activating group) is 1. The number of alkyl halides is 3. The largest absolute Gasteiger partial charge is 0.433 e. The van der Waals surface area contributed by atoms with Gasteiger partial charge in [0.2, 0.25) is 0 Å². The highest BCUT2D eigenvalue weighted by Gasteiger charge is 2.50. The van der Waals surface area contributed by atoms with Gasteiger partial charge in [-0.1, -0.05) is 11.2 Å². The van der Waals surface area contributed by atoms with Crippen molar-refractivity contribution in [3.63, 3.8) is 0 Å². The monoisotopic (exact) mass is 419 g/mol. The third kappa shape index (κ3) is 2.90. The highest BCUT2D eigenvalue weighted by atomic mass is 19.4. The average molecular weight is 419 g/mol. The van der Waals surface area contributed by atoms with Crippen LogP contribution in [0.4, 0.5) is 17.6 Å². The van der Waals surface area contributed by atoms with Crippen LogP contribution in [0.15, 0.2) is 58.4 Å². The number of pyridine rings is 1. The third-order valence-electron chi connectivity index (χ3n) is 4.81. The second-order valence-corrected chi connectivity index (χ2v) is 6.55. The van der Waals surface area contributed by atoms with Crippen molar-refractivity contribution in [3.05, 3.63) is 71.5 Å². The topological polar surface area (TPSA) is 97.6 Å². The number of nitrogens with two attached hydrogens (primary N) is 1. The fourth-order valence-electron chi connectivity index (χ4n) is 3.29. The molecular weight excluding hydrogens is 406 g/mol. The Morgan fingerprint density at radius 3 is 2.47 bits per heavy atom. The fraction of sp³-hybridized carbons (Fsp3) is 0.158. The minimum absolute atomic E-state index is 0.0122. The van der Waals surface area contributed by atoms with Crippen LogP contribution >= 0.6 is 0 Å². The molecule has 0 bridgehead atoms. The van der Waals surface area contributed by atoms with E-state index in [1.807, 2.05) is 0 Å². The lowest BCUT2D eigenvalue weighted by Gasteiger charge is -2.27. The van der Waals surface area contributed by atoms with Gasteiger partial charge in [-0.25, -0.2) is 9.38 Å². The summed E-state index contributed by atoms with van der Waals surface area (Å²) in [6.45, 7) is 0. The number of guanidine groups is 1. The van der Waals surface area contributed by atoms with Crippen LogP contribution in [0.5, 0.6) is 0 Å². The molecule has 4 rings (SSSR count). The molecule has 0 radical (unpaired) electrons. The Bertz CT molecular complexity index is 1160. The van der Waals surface area contributed by atoms with Gasteiger partial charge >= 0.3 is 6.18 Å². The van der Waals surface area contributed by atoms with Crippen LogP contribution < -0.4 is 5.73 Å². The second-order valence-electron chi connectivity index (χ2n) is 6.55. The molecule has 1 amide bonds. The summed E-state index contributed by atoms with van der Waals surface area (Å²) in [6, 6.07) is 7.00. The average Bonchev–Trinajstić information content (AvgIpc) is 3.32. The summed E-state index contributed by atoms with van der Waals surface area (Å²) in [7, 11) is 1.34. The zero-order valence-corrected chi connectivity index (χ0v) is 15.3. The Morgan fingerprint density at radius 2 is 1.87 bits per heavy atom. The maximum Gasteiger partial charge on any atom is 0.433 e. The molecule has 0 fully saturated rings. The summed E-state index contributed by atoms with van der Waals surface area (Å²) < 4.78 is 58.9. The first-order valence-corrected chi connectivity index (χ1v) is 8.52. The van der Waals surface area contributed by atoms with Crippen LogP contribution in [0.1, 0.15) is 16.8 Å². The Balaban J connectivity index is 1.99. The van der Waals surface area contributed by atoms with Crippen LogP contribution in [-0.2, 0) is 16.5 Å². The standard InChI is InChI=1S/C19H13F4N5O2/c1-28-16(29)18(26-17(28)24,11-4-6-25-15(9-11)19(21,22)23)10-2-3-13(20)12(8-10)14-5-7-30-27-14/h2-9H,1H3,(H2,24,26). The second kappa shape index (κ2) is 6.65. The van der Waals surface area contributed by atoms with Crippen molar-refractivity contribution in [2.75, 3.05) is 7.05 Å². The predicted octanol–water partition coefficient (Wildman–Crippen LogP) is 2.92. The minimum atomic E-state index is -4.74. The van der Waals surface area contributed by atoms with E-state index >= 15 is 0 Å². The molecule has 7 nitrogen and oxygen atoms in total. The Labute approximate surface area is 166 Å². The predicted molar refractivity (Wildman–Crippen MR) is 96.3 cm³/mol. The van der Waals surface area contributed by atoms with Gasteiger partial charge in [0.1, 0.15) is 23.5 Å². The van der Waals surface area contributed by atoms with E-state index in [1.165, 1.54) is 37.6 Å². The highest BCUT2D eigenvalue weighted by molar-refractivity contribution is 6.09. The van der Waals surface area contributed by atoms with Gasteiger partial charge in [-0.05, 0) is 35.4 Å². The zero-order chi connectivity index (χ0) is 21.7. The number of carbonyl (C=O) groups is 1. The number of hydrogen-bond donors (Lipinski definition) is 1. The van der Waals surface area contributed by atoms with Crippen molar-refractivity contribution in [2.24, 2.45) is 10.7 Å². The summed E-state index contributed by atoms with van der Waals surface area (Å²) in [6.07, 6.45) is -2.58. The molecule has 0 spiro atoms. The van der Waals surface area contributed by atoms with E-state index in [1.54, 1.807) is 0 Å². The lowest BCUT2D eigenvalue weighted by atomic mass is 9.82. The lowest BCUT2D eigenvalue weighted by Crippen LogP contribution is -2.41. The summed E-state index contributed by atoms with van der Waals surface area (Å²) >= 11 is 0. The molecule has 2 aromatic heterocycles. The number of carbonyl (C=O) groups excluding carboxylic acids is 1. The molecule has 0 saturated carbocycles. The third-order valence-corrected chi connectivity index (χ3v) is 4.81. The zero-order valence-electron chi connectivity index (χ0n) is 15.3. The molecule has 1 aromatic carbocycles. The van der Waals surface area contributed by atoms with Gasteiger partial charge < -0.3 is 10.3 Å². The molecule has 1 atom stereocenters. The van der Waals surface area contributed by atoms with E-state index < -0.39 is 29.1 Å². The Morgan fingerprint density at radius 1 is 1.13 bits per heavy atom. The number of rotatable bonds is 3. The van der Waals surface area contributed by atoms with E-state index in [2.05, 4.69) is 15.1 Å². The Kier molecular flexibility index (Phi) is 4.33. The summed E-state index contributed by atoms with van der Waals surface area (Å²) in [5, 5.41) is 3.68. The molecule has 11 heteroatoms. The van der Waals surface area contributed by atoms with E-state index in [9.17, 15) is 22.4 Å². The number of hydrogen-bond acceptors (Lipinski definition) is 6. The van der Waals surface area contributed by atoms with Crippen molar-refractivity contribution in [1.29, 1.82) is 0 Å². The Hall–Kier alpha value is -3.76. The van der Waals surface area contributed by atoms with Gasteiger partial charge in [0, 0.05) is 24.9 Å². The number of aromatic nitrogens is 2. The maximum atomic E-state index is 14.4. The first-order valence-electron chi connectivity index (χ1n) is 8.52. The van der Waals surface area contributed by atoms with Crippen molar-refractivity contribution < 1.29 is 26.9 Å². The van der Waals surface area contributed by atoms with E-state index in [4.69, 9.17) is 10.3 Å². The smallest absolute Gasteiger partial charge is 0.369 e. The van der Waals surface area contributed by atoms with E-state index in [0.717, 1.165) is 23.2 Å². The number of benzene rings is 1. The number of amides is 1. The fourth-order valence-corrected chi connectivity index (χ4v) is 3.29. The number of halogens is 4. The lowest BCUT2D eigenvalue weighted by molar-refractivity contribution is -0.141. The molecule has 1 aliphatic rings. The first kappa shape index (κ1) is 19.6. The van der Waals surface area contributed by atoms with E-state index in [-0.39, 0.29) is 28.3 Å². The molecule has 1 unspecified atom stereocenters. The van der Waals surface area contributed by atoms with Crippen LogP contribution in [0.3, 0.4) is 0 Å². The van der Waals surface area contributed by atoms with Gasteiger partial charge in [0.25, 0.3) is 5.91 Å². The highest BCUT2D eigenvalue weighted by Crippen LogP contribution is 2.42. The van der Waals surface area contributed by atoms with Gasteiger partial charge in [0.05, 0.1) is 0 Å². The van der Waals surface area contributed by atoms with Crippen LogP contribution in [-0.4, -0.2) is 34.0 Å². The van der Waals surface area contributed by atoms with Gasteiger partial charge in [-0.15, -0.1) is 0 Å². The SMILES string of the molecule is CN1C(=O)C(c2ccnc(C(F)(F)F)c2)(c2ccc(F)c(-c3ccon3)c2)N=C1N. The summed E-state index contributed by atoms with van der Waals surface area (Å²) in [5.74, 6) is -1.56. The van der Waals surface area contributed by atoms with Gasteiger partial charge in [0.15, 0.2) is 11.5 Å². The molecule has 1 aliphatic heterocycles.